The Morgan fingerprint density at radius 1 is 1.27 bits per heavy atom. The molecule has 0 heterocycles. The first-order valence-electron chi connectivity index (χ1n) is 4.60. The van der Waals surface area contributed by atoms with E-state index in [1.807, 2.05) is 12.1 Å². The lowest BCUT2D eigenvalue weighted by molar-refractivity contribution is 0.280. The van der Waals surface area contributed by atoms with E-state index in [1.165, 1.54) is 0 Å². The molecule has 5 heteroatoms. The third-order valence-electron chi connectivity index (χ3n) is 2.14. The summed E-state index contributed by atoms with van der Waals surface area (Å²) in [4.78, 5) is 0. The molecule has 0 aliphatic rings. The first-order valence-corrected chi connectivity index (χ1v) is 6.76. The van der Waals surface area contributed by atoms with Crippen LogP contribution in [0.1, 0.15) is 24.4 Å². The Morgan fingerprint density at radius 2 is 1.80 bits per heavy atom. The minimum Gasteiger partial charge on any atom is -0.506 e. The van der Waals surface area contributed by atoms with E-state index in [4.69, 9.17) is 10.8 Å². The van der Waals surface area contributed by atoms with Crippen LogP contribution in [0.5, 0.6) is 5.75 Å². The van der Waals surface area contributed by atoms with Crippen LogP contribution in [0, 0.1) is 7.14 Å². The minimum absolute atomic E-state index is 0.0696. The number of phenolic OH excluding ortho intramolecular Hbond substituents is 1. The molecule has 1 rings (SSSR count). The van der Waals surface area contributed by atoms with Crippen LogP contribution in [-0.2, 0) is 0 Å². The predicted molar refractivity (Wildman–Crippen MR) is 76.8 cm³/mol. The SMILES string of the molecule is N[C@@H](CCCO)c1cc(I)c(O)c(I)c1. The van der Waals surface area contributed by atoms with Crippen LogP contribution < -0.4 is 5.73 Å². The molecule has 0 spiro atoms. The van der Waals surface area contributed by atoms with E-state index >= 15 is 0 Å². The number of hydrogen-bond acceptors (Lipinski definition) is 3. The fourth-order valence-electron chi connectivity index (χ4n) is 1.28. The molecule has 0 aliphatic heterocycles. The summed E-state index contributed by atoms with van der Waals surface area (Å²) in [5, 5.41) is 18.3. The van der Waals surface area contributed by atoms with Crippen molar-refractivity contribution in [2.45, 2.75) is 18.9 Å². The molecule has 0 fully saturated rings. The quantitative estimate of drug-likeness (QED) is 0.640. The fraction of sp³-hybridized carbons (Fsp3) is 0.400. The van der Waals surface area contributed by atoms with Crippen molar-refractivity contribution in [1.29, 1.82) is 0 Å². The molecule has 4 N–H and O–H groups in total. The summed E-state index contributed by atoms with van der Waals surface area (Å²) in [5.74, 6) is 0.314. The van der Waals surface area contributed by atoms with Crippen molar-refractivity contribution in [3.8, 4) is 5.75 Å². The predicted octanol–water partition coefficient (Wildman–Crippen LogP) is 2.37. The molecule has 0 amide bonds. The molecule has 0 aliphatic carbocycles. The molecule has 0 radical (unpaired) electrons. The number of aliphatic hydroxyl groups excluding tert-OH is 1. The molecule has 0 unspecified atom stereocenters. The number of benzene rings is 1. The zero-order valence-corrected chi connectivity index (χ0v) is 12.4. The van der Waals surface area contributed by atoms with E-state index in [9.17, 15) is 5.11 Å². The van der Waals surface area contributed by atoms with Crippen molar-refractivity contribution < 1.29 is 10.2 Å². The molecule has 15 heavy (non-hydrogen) atoms. The van der Waals surface area contributed by atoms with Crippen molar-refractivity contribution in [2.75, 3.05) is 6.61 Å². The lowest BCUT2D eigenvalue weighted by Gasteiger charge is -2.13. The molecule has 1 atom stereocenters. The van der Waals surface area contributed by atoms with Gasteiger partial charge in [0.25, 0.3) is 0 Å². The maximum atomic E-state index is 9.59. The summed E-state index contributed by atoms with van der Waals surface area (Å²) in [6.07, 6.45) is 1.46. The number of aliphatic hydroxyl groups is 1. The van der Waals surface area contributed by atoms with Crippen LogP contribution in [0.2, 0.25) is 0 Å². The van der Waals surface area contributed by atoms with Gasteiger partial charge in [-0.05, 0) is 75.7 Å². The van der Waals surface area contributed by atoms with Gasteiger partial charge in [-0.15, -0.1) is 0 Å². The topological polar surface area (TPSA) is 66.5 Å². The Hall–Kier alpha value is 0.400. The average Bonchev–Trinajstić information content (AvgIpc) is 2.21. The zero-order chi connectivity index (χ0) is 11.4. The number of phenols is 1. The molecular formula is C10H13I2NO2. The van der Waals surface area contributed by atoms with Crippen molar-refractivity contribution in [3.63, 3.8) is 0 Å². The second kappa shape index (κ2) is 6.21. The van der Waals surface area contributed by atoms with Crippen LogP contribution >= 0.6 is 45.2 Å². The average molecular weight is 433 g/mol. The molecular weight excluding hydrogens is 420 g/mol. The van der Waals surface area contributed by atoms with E-state index in [1.54, 1.807) is 0 Å². The van der Waals surface area contributed by atoms with Crippen LogP contribution in [0.25, 0.3) is 0 Å². The zero-order valence-electron chi connectivity index (χ0n) is 8.08. The van der Waals surface area contributed by atoms with Gasteiger partial charge in [0.1, 0.15) is 5.75 Å². The molecule has 1 aromatic rings. The molecule has 84 valence electrons. The van der Waals surface area contributed by atoms with Crippen molar-refractivity contribution in [2.24, 2.45) is 5.73 Å². The molecule has 0 bridgehead atoms. The summed E-state index contributed by atoms with van der Waals surface area (Å²) < 4.78 is 1.63. The number of halogens is 2. The number of nitrogens with two attached hydrogens (primary N) is 1. The first-order chi connectivity index (χ1) is 7.06. The van der Waals surface area contributed by atoms with Gasteiger partial charge < -0.3 is 15.9 Å². The van der Waals surface area contributed by atoms with Gasteiger partial charge in [-0.2, -0.15) is 0 Å². The Kier molecular flexibility index (Phi) is 5.58. The largest absolute Gasteiger partial charge is 0.506 e. The summed E-state index contributed by atoms with van der Waals surface area (Å²) in [6, 6.07) is 3.71. The van der Waals surface area contributed by atoms with Gasteiger partial charge in [0, 0.05) is 12.6 Å². The van der Waals surface area contributed by atoms with E-state index in [0.717, 1.165) is 19.1 Å². The van der Waals surface area contributed by atoms with Gasteiger partial charge in [-0.3, -0.25) is 0 Å². The van der Waals surface area contributed by atoms with Crippen molar-refractivity contribution in [3.05, 3.63) is 24.8 Å². The second-order valence-electron chi connectivity index (χ2n) is 3.31. The third kappa shape index (κ3) is 3.72. The summed E-state index contributed by atoms with van der Waals surface area (Å²) in [7, 11) is 0. The van der Waals surface area contributed by atoms with Crippen molar-refractivity contribution in [1.82, 2.24) is 0 Å². The van der Waals surface area contributed by atoms with Gasteiger partial charge >= 0.3 is 0 Å². The first kappa shape index (κ1) is 13.5. The number of rotatable bonds is 4. The van der Waals surface area contributed by atoms with Crippen LogP contribution in [0.3, 0.4) is 0 Å². The highest BCUT2D eigenvalue weighted by molar-refractivity contribution is 14.1. The van der Waals surface area contributed by atoms with Gasteiger partial charge in [-0.25, -0.2) is 0 Å². The summed E-state index contributed by atoms with van der Waals surface area (Å²) in [5.41, 5.74) is 6.98. The van der Waals surface area contributed by atoms with Crippen LogP contribution in [0.4, 0.5) is 0 Å². The fourth-order valence-corrected chi connectivity index (χ4v) is 3.09. The normalized spacial score (nSPS) is 12.8. The molecule has 0 saturated carbocycles. The second-order valence-corrected chi connectivity index (χ2v) is 5.63. The summed E-state index contributed by atoms with van der Waals surface area (Å²) >= 11 is 4.17. The van der Waals surface area contributed by atoms with Crippen molar-refractivity contribution >= 4 is 45.2 Å². The number of hydrogen-bond donors (Lipinski definition) is 3. The summed E-state index contributed by atoms with van der Waals surface area (Å²) in [6.45, 7) is 0.167. The Morgan fingerprint density at radius 3 is 2.27 bits per heavy atom. The van der Waals surface area contributed by atoms with Crippen LogP contribution in [0.15, 0.2) is 12.1 Å². The Bertz CT molecular complexity index is 321. The standard InChI is InChI=1S/C10H13I2NO2/c11-7-4-6(5-8(12)10(7)15)9(13)2-1-3-14/h4-5,9,14-15H,1-3,13H2/t9-/m0/s1. The monoisotopic (exact) mass is 433 g/mol. The van der Waals surface area contributed by atoms with Gasteiger partial charge in [0.15, 0.2) is 0 Å². The molecule has 1 aromatic carbocycles. The lowest BCUT2D eigenvalue weighted by Crippen LogP contribution is -2.11. The third-order valence-corrected chi connectivity index (χ3v) is 3.79. The van der Waals surface area contributed by atoms with E-state index in [2.05, 4.69) is 45.2 Å². The maximum absolute atomic E-state index is 9.59. The Balaban J connectivity index is 2.86. The Labute approximate surface area is 116 Å². The maximum Gasteiger partial charge on any atom is 0.142 e. The van der Waals surface area contributed by atoms with Gasteiger partial charge in [-0.1, -0.05) is 0 Å². The van der Waals surface area contributed by atoms with Crippen LogP contribution in [-0.4, -0.2) is 16.8 Å². The van der Waals surface area contributed by atoms with Gasteiger partial charge in [0.05, 0.1) is 7.14 Å². The minimum atomic E-state index is -0.0696. The highest BCUT2D eigenvalue weighted by Gasteiger charge is 2.11. The molecule has 0 aromatic heterocycles. The molecule has 3 nitrogen and oxygen atoms in total. The van der Waals surface area contributed by atoms with E-state index in [-0.39, 0.29) is 12.6 Å². The van der Waals surface area contributed by atoms with Gasteiger partial charge in [0.2, 0.25) is 0 Å². The number of aromatic hydroxyl groups is 1. The molecule has 0 saturated heterocycles. The van der Waals surface area contributed by atoms with E-state index < -0.39 is 0 Å². The lowest BCUT2D eigenvalue weighted by atomic mass is 10.0. The highest BCUT2D eigenvalue weighted by Crippen LogP contribution is 2.30. The smallest absolute Gasteiger partial charge is 0.142 e. The van der Waals surface area contributed by atoms with E-state index in [0.29, 0.717) is 12.2 Å². The highest BCUT2D eigenvalue weighted by atomic mass is 127.